The molecule has 0 bridgehead atoms. The molecule has 2 rings (SSSR count). The molecule has 3 heteroatoms. The molecule has 0 saturated heterocycles. The molecule has 0 spiro atoms. The Morgan fingerprint density at radius 1 is 1.32 bits per heavy atom. The van der Waals surface area contributed by atoms with Crippen LogP contribution in [-0.2, 0) is 16.0 Å². The molecule has 1 aromatic carbocycles. The lowest BCUT2D eigenvalue weighted by molar-refractivity contribution is -0.158. The highest BCUT2D eigenvalue weighted by Gasteiger charge is 2.44. The van der Waals surface area contributed by atoms with Crippen LogP contribution in [0, 0.1) is 12.3 Å². The molecule has 0 unspecified atom stereocenters. The predicted octanol–water partition coefficient (Wildman–Crippen LogP) is 2.47. The van der Waals surface area contributed by atoms with Gasteiger partial charge in [0.15, 0.2) is 0 Å². The van der Waals surface area contributed by atoms with Gasteiger partial charge in [-0.25, -0.2) is 0 Å². The molecule has 19 heavy (non-hydrogen) atoms. The Morgan fingerprint density at radius 3 is 2.53 bits per heavy atom. The molecular weight excluding hydrogens is 238 g/mol. The third-order valence-corrected chi connectivity index (χ3v) is 4.10. The summed E-state index contributed by atoms with van der Waals surface area (Å²) in [5.74, 6) is -0.0541. The van der Waals surface area contributed by atoms with Crippen molar-refractivity contribution in [2.24, 2.45) is 5.41 Å². The van der Waals surface area contributed by atoms with E-state index in [-0.39, 0.29) is 11.4 Å². The van der Waals surface area contributed by atoms with Gasteiger partial charge in [0.2, 0.25) is 0 Å². The van der Waals surface area contributed by atoms with Crippen molar-refractivity contribution >= 4 is 5.97 Å². The van der Waals surface area contributed by atoms with E-state index in [9.17, 15) is 4.79 Å². The highest BCUT2D eigenvalue weighted by Crippen LogP contribution is 2.41. The van der Waals surface area contributed by atoms with Gasteiger partial charge in [0.1, 0.15) is 0 Å². The van der Waals surface area contributed by atoms with Crippen LogP contribution >= 0.6 is 0 Å². The number of benzene rings is 1. The Bertz CT molecular complexity index is 421. The summed E-state index contributed by atoms with van der Waals surface area (Å²) >= 11 is 0. The summed E-state index contributed by atoms with van der Waals surface area (Å²) < 4.78 is 4.91. The van der Waals surface area contributed by atoms with Gasteiger partial charge >= 0.3 is 5.97 Å². The number of methoxy groups -OCH3 is 1. The van der Waals surface area contributed by atoms with Crippen LogP contribution in [0.4, 0.5) is 0 Å². The largest absolute Gasteiger partial charge is 0.469 e. The highest BCUT2D eigenvalue weighted by molar-refractivity contribution is 5.78. The number of rotatable bonds is 6. The summed E-state index contributed by atoms with van der Waals surface area (Å²) in [6, 6.07) is 8.60. The van der Waals surface area contributed by atoms with E-state index < -0.39 is 0 Å². The molecule has 0 amide bonds. The summed E-state index contributed by atoms with van der Waals surface area (Å²) in [6.45, 7) is 3.74. The quantitative estimate of drug-likeness (QED) is 0.631. The van der Waals surface area contributed by atoms with Gasteiger partial charge in [-0.2, -0.15) is 0 Å². The van der Waals surface area contributed by atoms with Crippen molar-refractivity contribution in [3.8, 4) is 0 Å². The maximum absolute atomic E-state index is 11.8. The Morgan fingerprint density at radius 2 is 2.00 bits per heavy atom. The molecule has 0 aliphatic heterocycles. The number of carbonyl (C=O) groups excluding carboxylic acids is 1. The molecule has 0 heterocycles. The molecule has 104 valence electrons. The normalized spacial score (nSPS) is 16.7. The summed E-state index contributed by atoms with van der Waals surface area (Å²) in [4.78, 5) is 11.8. The van der Waals surface area contributed by atoms with Crippen LogP contribution in [0.2, 0.25) is 0 Å². The van der Waals surface area contributed by atoms with Crippen LogP contribution in [0.1, 0.15) is 30.4 Å². The second-order valence-corrected chi connectivity index (χ2v) is 5.54. The Kier molecular flexibility index (Phi) is 4.59. The first-order chi connectivity index (χ1) is 9.16. The molecule has 3 nitrogen and oxygen atoms in total. The summed E-state index contributed by atoms with van der Waals surface area (Å²) in [5, 5.41) is 3.41. The number of hydrogen-bond donors (Lipinski definition) is 1. The zero-order chi connectivity index (χ0) is 13.7. The number of ether oxygens (including phenoxy) is 1. The first kappa shape index (κ1) is 14.1. The fraction of sp³-hybridized carbons (Fsp3) is 0.562. The number of carbonyl (C=O) groups is 1. The third kappa shape index (κ3) is 3.35. The van der Waals surface area contributed by atoms with Gasteiger partial charge in [-0.15, -0.1) is 0 Å². The lowest BCUT2D eigenvalue weighted by Crippen LogP contribution is -2.47. The maximum Gasteiger partial charge on any atom is 0.313 e. The van der Waals surface area contributed by atoms with Gasteiger partial charge in [0.25, 0.3) is 0 Å². The average Bonchev–Trinajstić information content (AvgIpc) is 2.38. The smallest absolute Gasteiger partial charge is 0.313 e. The van der Waals surface area contributed by atoms with Crippen molar-refractivity contribution in [2.45, 2.75) is 32.6 Å². The molecule has 0 atom stereocenters. The lowest BCUT2D eigenvalue weighted by atomic mass is 9.68. The van der Waals surface area contributed by atoms with E-state index in [1.54, 1.807) is 0 Å². The Balaban J connectivity index is 1.74. The third-order valence-electron chi connectivity index (χ3n) is 4.10. The van der Waals surface area contributed by atoms with E-state index >= 15 is 0 Å². The van der Waals surface area contributed by atoms with Gasteiger partial charge in [-0.3, -0.25) is 4.79 Å². The van der Waals surface area contributed by atoms with Gasteiger partial charge in [-0.1, -0.05) is 36.2 Å². The van der Waals surface area contributed by atoms with Crippen molar-refractivity contribution in [3.63, 3.8) is 0 Å². The molecule has 1 aromatic rings. The number of hydrogen-bond acceptors (Lipinski definition) is 3. The molecular formula is C16H23NO2. The van der Waals surface area contributed by atoms with Crippen molar-refractivity contribution in [2.75, 3.05) is 20.2 Å². The SMILES string of the molecule is COC(=O)C1(CNCCc2ccc(C)cc2)CCC1. The van der Waals surface area contributed by atoms with Gasteiger partial charge in [-0.05, 0) is 38.3 Å². The minimum absolute atomic E-state index is 0.0541. The van der Waals surface area contributed by atoms with E-state index in [1.165, 1.54) is 18.2 Å². The molecule has 0 aromatic heterocycles. The second-order valence-electron chi connectivity index (χ2n) is 5.54. The van der Waals surface area contributed by atoms with Crippen molar-refractivity contribution in [1.29, 1.82) is 0 Å². The van der Waals surface area contributed by atoms with E-state index in [1.807, 2.05) is 0 Å². The van der Waals surface area contributed by atoms with Crippen molar-refractivity contribution in [3.05, 3.63) is 35.4 Å². The second kappa shape index (κ2) is 6.20. The summed E-state index contributed by atoms with van der Waals surface area (Å²) in [6.07, 6.45) is 4.04. The number of esters is 1. The van der Waals surface area contributed by atoms with Crippen LogP contribution < -0.4 is 5.32 Å². The highest BCUT2D eigenvalue weighted by atomic mass is 16.5. The number of aryl methyl sites for hydroxylation is 1. The lowest BCUT2D eigenvalue weighted by Gasteiger charge is -2.39. The fourth-order valence-corrected chi connectivity index (χ4v) is 2.59. The fourth-order valence-electron chi connectivity index (χ4n) is 2.59. The van der Waals surface area contributed by atoms with Crippen LogP contribution in [0.25, 0.3) is 0 Å². The predicted molar refractivity (Wildman–Crippen MR) is 76.1 cm³/mol. The van der Waals surface area contributed by atoms with E-state index in [2.05, 4.69) is 36.5 Å². The molecule has 1 aliphatic carbocycles. The average molecular weight is 261 g/mol. The standard InChI is InChI=1S/C16H23NO2/c1-13-4-6-14(7-5-13)8-11-17-12-16(9-3-10-16)15(18)19-2/h4-7,17H,3,8-12H2,1-2H3. The van der Waals surface area contributed by atoms with Crippen molar-refractivity contribution in [1.82, 2.24) is 5.32 Å². The van der Waals surface area contributed by atoms with Gasteiger partial charge < -0.3 is 10.1 Å². The molecule has 1 N–H and O–H groups in total. The van der Waals surface area contributed by atoms with E-state index in [0.717, 1.165) is 38.8 Å². The molecule has 0 radical (unpaired) electrons. The van der Waals surface area contributed by atoms with Crippen LogP contribution in [-0.4, -0.2) is 26.2 Å². The minimum atomic E-state index is -0.248. The molecule has 1 aliphatic rings. The van der Waals surface area contributed by atoms with Crippen molar-refractivity contribution < 1.29 is 9.53 Å². The van der Waals surface area contributed by atoms with Crippen LogP contribution in [0.5, 0.6) is 0 Å². The Hall–Kier alpha value is -1.35. The summed E-state index contributed by atoms with van der Waals surface area (Å²) in [7, 11) is 1.48. The van der Waals surface area contributed by atoms with E-state index in [0.29, 0.717) is 0 Å². The first-order valence-corrected chi connectivity index (χ1v) is 7.01. The van der Waals surface area contributed by atoms with Gasteiger partial charge in [0, 0.05) is 6.54 Å². The molecule has 1 saturated carbocycles. The topological polar surface area (TPSA) is 38.3 Å². The Labute approximate surface area is 115 Å². The first-order valence-electron chi connectivity index (χ1n) is 7.01. The maximum atomic E-state index is 11.8. The minimum Gasteiger partial charge on any atom is -0.469 e. The van der Waals surface area contributed by atoms with Gasteiger partial charge in [0.05, 0.1) is 12.5 Å². The summed E-state index contributed by atoms with van der Waals surface area (Å²) in [5.41, 5.74) is 2.37. The van der Waals surface area contributed by atoms with E-state index in [4.69, 9.17) is 4.74 Å². The number of nitrogens with one attached hydrogen (secondary N) is 1. The zero-order valence-electron chi connectivity index (χ0n) is 11.9. The molecule has 1 fully saturated rings. The van der Waals surface area contributed by atoms with Crippen LogP contribution in [0.3, 0.4) is 0 Å². The zero-order valence-corrected chi connectivity index (χ0v) is 11.9. The van der Waals surface area contributed by atoms with Crippen LogP contribution in [0.15, 0.2) is 24.3 Å². The monoisotopic (exact) mass is 261 g/mol.